The van der Waals surface area contributed by atoms with Gasteiger partial charge in [-0.15, -0.1) is 0 Å². The Morgan fingerprint density at radius 3 is 1.98 bits per heavy atom. The molecule has 2 aromatic carbocycles. The molecule has 0 radical (unpaired) electrons. The lowest BCUT2D eigenvalue weighted by Gasteiger charge is -2.25. The second kappa shape index (κ2) is 21.3. The first-order valence-electron chi connectivity index (χ1n) is 18.8. The number of hydrogen-bond acceptors (Lipinski definition) is 5. The lowest BCUT2D eigenvalue weighted by Crippen LogP contribution is -2.36. The molecule has 0 bridgehead atoms. The van der Waals surface area contributed by atoms with Crippen molar-refractivity contribution in [2.24, 2.45) is 11.8 Å². The second-order valence-electron chi connectivity index (χ2n) is 14.1. The highest BCUT2D eigenvalue weighted by molar-refractivity contribution is 6.01. The van der Waals surface area contributed by atoms with Crippen LogP contribution in [-0.2, 0) is 11.3 Å². The van der Waals surface area contributed by atoms with E-state index in [0.29, 0.717) is 18.3 Å². The summed E-state index contributed by atoms with van der Waals surface area (Å²) in [5, 5.41) is 9.01. The SMILES string of the molecule is CCC.CCN(C)CCCCCn1c(Nc2ccc(Nc3ccccc3)cc2)nc2c1=CC(C(=O)N(CCC(C)C)CCC(C)C)=CCC=2. The average molecular weight is 669 g/mol. The van der Waals surface area contributed by atoms with Crippen molar-refractivity contribution >= 4 is 41.1 Å². The van der Waals surface area contributed by atoms with E-state index in [2.05, 4.69) is 135 Å². The summed E-state index contributed by atoms with van der Waals surface area (Å²) >= 11 is 0. The van der Waals surface area contributed by atoms with Gasteiger partial charge in [0.1, 0.15) is 0 Å². The van der Waals surface area contributed by atoms with Gasteiger partial charge in [-0.1, -0.05) is 91.7 Å². The van der Waals surface area contributed by atoms with E-state index < -0.39 is 0 Å². The predicted molar refractivity (Wildman–Crippen MR) is 211 cm³/mol. The van der Waals surface area contributed by atoms with E-state index in [1.54, 1.807) is 0 Å². The zero-order valence-electron chi connectivity index (χ0n) is 31.8. The highest BCUT2D eigenvalue weighted by Crippen LogP contribution is 2.21. The normalized spacial score (nSPS) is 12.3. The van der Waals surface area contributed by atoms with E-state index in [4.69, 9.17) is 4.98 Å². The number of nitrogens with zero attached hydrogens (tertiary/aromatic N) is 4. The van der Waals surface area contributed by atoms with Gasteiger partial charge in [0, 0.05) is 42.3 Å². The summed E-state index contributed by atoms with van der Waals surface area (Å²) in [5.74, 6) is 2.06. The first-order chi connectivity index (χ1) is 23.6. The maximum Gasteiger partial charge on any atom is 0.253 e. The maximum atomic E-state index is 14.0. The number of hydrogen-bond donors (Lipinski definition) is 2. The first kappa shape index (κ1) is 39.6. The molecule has 1 aliphatic carbocycles. The molecule has 0 atom stereocenters. The fourth-order valence-corrected chi connectivity index (χ4v) is 5.53. The highest BCUT2D eigenvalue weighted by Gasteiger charge is 2.20. The molecule has 0 aliphatic heterocycles. The molecule has 1 amide bonds. The Kier molecular flexibility index (Phi) is 17.2. The second-order valence-corrected chi connectivity index (χ2v) is 14.1. The number of nitrogens with one attached hydrogen (secondary N) is 2. The molecule has 0 saturated heterocycles. The van der Waals surface area contributed by atoms with Gasteiger partial charge in [-0.2, -0.15) is 0 Å². The molecule has 0 spiro atoms. The minimum absolute atomic E-state index is 0.133. The van der Waals surface area contributed by atoms with Crippen LogP contribution in [0, 0.1) is 11.8 Å². The smallest absolute Gasteiger partial charge is 0.253 e. The summed E-state index contributed by atoms with van der Waals surface area (Å²) in [6.45, 7) is 20.0. The van der Waals surface area contributed by atoms with E-state index in [1.807, 2.05) is 18.2 Å². The summed E-state index contributed by atoms with van der Waals surface area (Å²) in [6, 6.07) is 18.5. The van der Waals surface area contributed by atoms with Crippen LogP contribution in [0.15, 0.2) is 66.2 Å². The molecule has 0 fully saturated rings. The Morgan fingerprint density at radius 1 is 0.796 bits per heavy atom. The van der Waals surface area contributed by atoms with Crippen molar-refractivity contribution in [2.45, 2.75) is 100.0 Å². The third kappa shape index (κ3) is 13.5. The van der Waals surface area contributed by atoms with Crippen molar-refractivity contribution in [3.05, 3.63) is 76.9 Å². The van der Waals surface area contributed by atoms with Crippen molar-refractivity contribution in [2.75, 3.05) is 43.9 Å². The zero-order chi connectivity index (χ0) is 35.6. The largest absolute Gasteiger partial charge is 0.356 e. The van der Waals surface area contributed by atoms with Crippen molar-refractivity contribution in [3.63, 3.8) is 0 Å². The Hall–Kier alpha value is -3.84. The Balaban J connectivity index is 0.00000209. The minimum atomic E-state index is 0.133. The molecule has 0 saturated carbocycles. The molecule has 7 heteroatoms. The Morgan fingerprint density at radius 2 is 1.39 bits per heavy atom. The van der Waals surface area contributed by atoms with Gasteiger partial charge in [0.2, 0.25) is 5.95 Å². The van der Waals surface area contributed by atoms with Crippen molar-refractivity contribution in [3.8, 4) is 0 Å². The van der Waals surface area contributed by atoms with E-state index in [1.165, 1.54) is 12.8 Å². The first-order valence-corrected chi connectivity index (χ1v) is 18.8. The zero-order valence-corrected chi connectivity index (χ0v) is 31.8. The van der Waals surface area contributed by atoms with Crippen LogP contribution in [0.2, 0.25) is 0 Å². The number of para-hydroxylation sites is 1. The van der Waals surface area contributed by atoms with Crippen LogP contribution < -0.4 is 21.3 Å². The van der Waals surface area contributed by atoms with Gasteiger partial charge >= 0.3 is 0 Å². The monoisotopic (exact) mass is 669 g/mol. The third-order valence-corrected chi connectivity index (χ3v) is 8.63. The van der Waals surface area contributed by atoms with Gasteiger partial charge in [0.05, 0.1) is 10.7 Å². The van der Waals surface area contributed by atoms with Crippen LogP contribution in [0.4, 0.5) is 23.0 Å². The summed E-state index contributed by atoms with van der Waals surface area (Å²) < 4.78 is 2.28. The van der Waals surface area contributed by atoms with Gasteiger partial charge in [-0.05, 0) is 107 Å². The molecular formula is C42H64N6O. The summed E-state index contributed by atoms with van der Waals surface area (Å²) in [7, 11) is 2.18. The number of aromatic nitrogens is 2. The van der Waals surface area contributed by atoms with Gasteiger partial charge in [0.25, 0.3) is 5.91 Å². The molecule has 1 aliphatic rings. The molecule has 268 valence electrons. The molecule has 1 aromatic heterocycles. The summed E-state index contributed by atoms with van der Waals surface area (Å²) in [5.41, 5.74) is 3.84. The summed E-state index contributed by atoms with van der Waals surface area (Å²) in [4.78, 5) is 23.5. The fourth-order valence-electron chi connectivity index (χ4n) is 5.53. The van der Waals surface area contributed by atoms with Crippen LogP contribution in [-0.4, -0.2) is 58.5 Å². The van der Waals surface area contributed by atoms with Crippen molar-refractivity contribution < 1.29 is 4.79 Å². The molecule has 0 unspecified atom stereocenters. The predicted octanol–water partition coefficient (Wildman–Crippen LogP) is 8.72. The van der Waals surface area contributed by atoms with Crippen molar-refractivity contribution in [1.82, 2.24) is 19.4 Å². The number of amides is 1. The Labute approximate surface area is 297 Å². The number of carbonyl (C=O) groups excluding carboxylic acids is 1. The van der Waals surface area contributed by atoms with Crippen LogP contribution in [0.25, 0.3) is 12.2 Å². The van der Waals surface area contributed by atoms with E-state index in [0.717, 1.165) is 97.7 Å². The maximum absolute atomic E-state index is 14.0. The number of benzene rings is 2. The van der Waals surface area contributed by atoms with Crippen molar-refractivity contribution in [1.29, 1.82) is 0 Å². The van der Waals surface area contributed by atoms with Crippen LogP contribution >= 0.6 is 0 Å². The molecule has 1 heterocycles. The molecule has 7 nitrogen and oxygen atoms in total. The fraction of sp³-hybridized carbons (Fsp3) is 0.524. The van der Waals surface area contributed by atoms with E-state index in [9.17, 15) is 4.79 Å². The lowest BCUT2D eigenvalue weighted by molar-refractivity contribution is -0.127. The number of carbonyl (C=O) groups is 1. The lowest BCUT2D eigenvalue weighted by atomic mass is 10.1. The molecular weight excluding hydrogens is 605 g/mol. The number of unbranched alkanes of at least 4 members (excludes halogenated alkanes) is 2. The number of fused-ring (bicyclic) bond motifs is 1. The highest BCUT2D eigenvalue weighted by atomic mass is 16.2. The van der Waals surface area contributed by atoms with Gasteiger partial charge in [0.15, 0.2) is 0 Å². The van der Waals surface area contributed by atoms with Crippen LogP contribution in [0.3, 0.4) is 0 Å². The number of imidazole rings is 1. The summed E-state index contributed by atoms with van der Waals surface area (Å²) in [6.07, 6.45) is 13.6. The Bertz CT molecular complexity index is 1530. The van der Waals surface area contributed by atoms with Crippen LogP contribution in [0.5, 0.6) is 0 Å². The molecule has 3 aromatic rings. The number of allylic oxidation sites excluding steroid dienone is 1. The van der Waals surface area contributed by atoms with Gasteiger partial charge in [-0.3, -0.25) is 4.79 Å². The molecule has 49 heavy (non-hydrogen) atoms. The quantitative estimate of drug-likeness (QED) is 0.133. The molecule has 2 N–H and O–H groups in total. The third-order valence-electron chi connectivity index (χ3n) is 8.63. The number of rotatable bonds is 18. The van der Waals surface area contributed by atoms with E-state index in [-0.39, 0.29) is 5.91 Å². The van der Waals surface area contributed by atoms with Crippen LogP contribution in [0.1, 0.15) is 93.4 Å². The van der Waals surface area contributed by atoms with Gasteiger partial charge in [-0.25, -0.2) is 4.98 Å². The average Bonchev–Trinajstić information content (AvgIpc) is 3.25. The van der Waals surface area contributed by atoms with E-state index >= 15 is 0 Å². The minimum Gasteiger partial charge on any atom is -0.356 e. The standard InChI is InChI=1S/C39H56N6O.C3H8/c1-7-43(6)25-12-9-13-26-45-37-29-32(38(46)44(27-23-30(2)3)28-24-31(4)5)15-14-18-36(37)42-39(45)41-35-21-19-34(20-22-35)40-33-16-10-8-11-17-33;1-3-2/h8,10-11,15-22,29-31,40H,7,9,12-14,23-28H2,1-6H3,(H,41,42);3H2,1-2H3. The van der Waals surface area contributed by atoms with Gasteiger partial charge < -0.3 is 25.0 Å². The number of anilines is 4. The molecule has 4 rings (SSSR count). The topological polar surface area (TPSA) is 65.4 Å².